The van der Waals surface area contributed by atoms with Gasteiger partial charge in [-0.3, -0.25) is 9.69 Å². The first-order chi connectivity index (χ1) is 9.36. The first-order valence-electron chi connectivity index (χ1n) is 6.79. The van der Waals surface area contributed by atoms with Gasteiger partial charge in [0.25, 0.3) is 0 Å². The maximum atomic E-state index is 12.3. The Morgan fingerprint density at radius 3 is 2.70 bits per heavy atom. The molecule has 20 heavy (non-hydrogen) atoms. The Morgan fingerprint density at radius 1 is 1.35 bits per heavy atom. The van der Waals surface area contributed by atoms with Crippen molar-refractivity contribution in [2.24, 2.45) is 0 Å². The predicted octanol–water partition coefficient (Wildman–Crippen LogP) is 1.33. The molecule has 1 saturated heterocycles. The number of methoxy groups -OCH3 is 1. The molecule has 0 aromatic heterocycles. The van der Waals surface area contributed by atoms with Crippen LogP contribution in [0.1, 0.15) is 19.4 Å². The number of nitrogens with zero attached hydrogens (tertiary/aromatic N) is 2. The van der Waals surface area contributed by atoms with Gasteiger partial charge in [0.15, 0.2) is 0 Å². The Kier molecular flexibility index (Phi) is 3.90. The van der Waals surface area contributed by atoms with Gasteiger partial charge in [-0.05, 0) is 32.0 Å². The lowest BCUT2D eigenvalue weighted by Gasteiger charge is -2.44. The van der Waals surface area contributed by atoms with Crippen LogP contribution < -0.4 is 10.5 Å². The third-order valence-corrected chi connectivity index (χ3v) is 4.03. The largest absolute Gasteiger partial charge is 0.496 e. The monoisotopic (exact) mass is 277 g/mol. The van der Waals surface area contributed by atoms with Crippen LogP contribution in [0.3, 0.4) is 0 Å². The summed E-state index contributed by atoms with van der Waals surface area (Å²) in [5, 5.41) is 0. The zero-order valence-corrected chi connectivity index (χ0v) is 12.6. The summed E-state index contributed by atoms with van der Waals surface area (Å²) in [5.41, 5.74) is 7.06. The van der Waals surface area contributed by atoms with Gasteiger partial charge >= 0.3 is 0 Å². The normalized spacial score (nSPS) is 19.2. The summed E-state index contributed by atoms with van der Waals surface area (Å²) in [4.78, 5) is 16.3. The van der Waals surface area contributed by atoms with E-state index in [2.05, 4.69) is 4.90 Å². The highest BCUT2D eigenvalue weighted by Crippen LogP contribution is 2.28. The maximum absolute atomic E-state index is 12.3. The second-order valence-corrected chi connectivity index (χ2v) is 5.78. The summed E-state index contributed by atoms with van der Waals surface area (Å²) in [7, 11) is 3.50. The van der Waals surface area contributed by atoms with Gasteiger partial charge < -0.3 is 15.4 Å². The summed E-state index contributed by atoms with van der Waals surface area (Å²) >= 11 is 0. The van der Waals surface area contributed by atoms with Crippen molar-refractivity contribution in [2.75, 3.05) is 33.0 Å². The zero-order valence-electron chi connectivity index (χ0n) is 12.6. The molecular formula is C15H23N3O2. The fourth-order valence-corrected chi connectivity index (χ4v) is 2.66. The van der Waals surface area contributed by atoms with Crippen molar-refractivity contribution in [1.82, 2.24) is 9.80 Å². The van der Waals surface area contributed by atoms with Gasteiger partial charge in [-0.1, -0.05) is 0 Å². The molecule has 1 fully saturated rings. The van der Waals surface area contributed by atoms with Crippen LogP contribution in [-0.4, -0.2) is 48.5 Å². The minimum Gasteiger partial charge on any atom is -0.496 e. The standard InChI is InChI=1S/C15H23N3O2/c1-15(2)14(19)17(3)7-8-18(15)10-11-9-12(16)5-6-13(11)20-4/h5-6,9H,7-8,10,16H2,1-4H3. The number of amides is 1. The lowest BCUT2D eigenvalue weighted by atomic mass is 9.96. The highest BCUT2D eigenvalue weighted by Gasteiger charge is 2.40. The van der Waals surface area contributed by atoms with Crippen LogP contribution in [0.2, 0.25) is 0 Å². The van der Waals surface area contributed by atoms with E-state index in [9.17, 15) is 4.79 Å². The number of rotatable bonds is 3. The fraction of sp³-hybridized carbons (Fsp3) is 0.533. The molecule has 5 nitrogen and oxygen atoms in total. The quantitative estimate of drug-likeness (QED) is 0.847. The van der Waals surface area contributed by atoms with E-state index in [4.69, 9.17) is 10.5 Å². The molecule has 1 heterocycles. The van der Waals surface area contributed by atoms with E-state index in [1.807, 2.05) is 39.1 Å². The van der Waals surface area contributed by atoms with Crippen LogP contribution in [0.4, 0.5) is 5.69 Å². The molecule has 5 heteroatoms. The van der Waals surface area contributed by atoms with E-state index in [0.717, 1.165) is 24.4 Å². The van der Waals surface area contributed by atoms with Crippen LogP contribution >= 0.6 is 0 Å². The Bertz CT molecular complexity index is 514. The average molecular weight is 277 g/mol. The molecule has 0 saturated carbocycles. The number of hydrogen-bond acceptors (Lipinski definition) is 4. The molecule has 1 aliphatic rings. The van der Waals surface area contributed by atoms with E-state index < -0.39 is 5.54 Å². The number of carbonyl (C=O) groups excluding carboxylic acids is 1. The number of benzene rings is 1. The van der Waals surface area contributed by atoms with Crippen LogP contribution in [0.5, 0.6) is 5.75 Å². The molecule has 0 unspecified atom stereocenters. The molecule has 2 N–H and O–H groups in total. The summed E-state index contributed by atoms with van der Waals surface area (Å²) in [5.74, 6) is 0.952. The van der Waals surface area contributed by atoms with Gasteiger partial charge in [-0.15, -0.1) is 0 Å². The Labute approximate surface area is 120 Å². The fourth-order valence-electron chi connectivity index (χ4n) is 2.66. The molecule has 1 aliphatic heterocycles. The number of likely N-dealkylation sites (N-methyl/N-ethyl adjacent to an activating group) is 1. The summed E-state index contributed by atoms with van der Waals surface area (Å²) < 4.78 is 5.38. The Hall–Kier alpha value is -1.75. The van der Waals surface area contributed by atoms with Crippen molar-refractivity contribution in [2.45, 2.75) is 25.9 Å². The van der Waals surface area contributed by atoms with Crippen LogP contribution in [0, 0.1) is 0 Å². The molecular weight excluding hydrogens is 254 g/mol. The number of anilines is 1. The molecule has 0 atom stereocenters. The topological polar surface area (TPSA) is 58.8 Å². The van der Waals surface area contributed by atoms with Crippen LogP contribution in [0.25, 0.3) is 0 Å². The Balaban J connectivity index is 2.25. The third-order valence-electron chi connectivity index (χ3n) is 4.03. The number of ether oxygens (including phenoxy) is 1. The van der Waals surface area contributed by atoms with E-state index >= 15 is 0 Å². The maximum Gasteiger partial charge on any atom is 0.242 e. The van der Waals surface area contributed by atoms with Gasteiger partial charge in [0.1, 0.15) is 5.75 Å². The average Bonchev–Trinajstić information content (AvgIpc) is 2.40. The van der Waals surface area contributed by atoms with Crippen molar-refractivity contribution in [3.05, 3.63) is 23.8 Å². The van der Waals surface area contributed by atoms with E-state index in [1.165, 1.54) is 0 Å². The molecule has 0 spiro atoms. The number of piperazine rings is 1. The number of hydrogen-bond donors (Lipinski definition) is 1. The highest BCUT2D eigenvalue weighted by atomic mass is 16.5. The number of carbonyl (C=O) groups is 1. The molecule has 1 aromatic carbocycles. The number of nitrogens with two attached hydrogens (primary N) is 1. The highest BCUT2D eigenvalue weighted by molar-refractivity contribution is 5.86. The van der Waals surface area contributed by atoms with Crippen molar-refractivity contribution in [1.29, 1.82) is 0 Å². The molecule has 2 rings (SSSR count). The zero-order chi connectivity index (χ0) is 14.9. The first kappa shape index (κ1) is 14.7. The van der Waals surface area contributed by atoms with E-state index in [-0.39, 0.29) is 5.91 Å². The van der Waals surface area contributed by atoms with Crippen LogP contribution in [-0.2, 0) is 11.3 Å². The molecule has 0 aliphatic carbocycles. The van der Waals surface area contributed by atoms with Crippen molar-refractivity contribution in [3.8, 4) is 5.75 Å². The van der Waals surface area contributed by atoms with Crippen molar-refractivity contribution in [3.63, 3.8) is 0 Å². The molecule has 0 bridgehead atoms. The summed E-state index contributed by atoms with van der Waals surface area (Å²) in [6.45, 7) is 6.16. The minimum absolute atomic E-state index is 0.145. The van der Waals surface area contributed by atoms with Crippen molar-refractivity contribution < 1.29 is 9.53 Å². The third kappa shape index (κ3) is 2.58. The summed E-state index contributed by atoms with van der Waals surface area (Å²) in [6, 6.07) is 5.61. The van der Waals surface area contributed by atoms with E-state index in [0.29, 0.717) is 12.2 Å². The molecule has 1 aromatic rings. The van der Waals surface area contributed by atoms with Crippen molar-refractivity contribution >= 4 is 11.6 Å². The summed E-state index contributed by atoms with van der Waals surface area (Å²) in [6.07, 6.45) is 0. The first-order valence-corrected chi connectivity index (χ1v) is 6.79. The lowest BCUT2D eigenvalue weighted by molar-refractivity contribution is -0.147. The molecule has 1 amide bonds. The molecule has 0 radical (unpaired) electrons. The van der Waals surface area contributed by atoms with Gasteiger partial charge in [0, 0.05) is 37.9 Å². The van der Waals surface area contributed by atoms with Gasteiger partial charge in [-0.25, -0.2) is 0 Å². The number of nitrogen functional groups attached to an aromatic ring is 1. The Morgan fingerprint density at radius 2 is 2.05 bits per heavy atom. The van der Waals surface area contributed by atoms with Crippen LogP contribution in [0.15, 0.2) is 18.2 Å². The van der Waals surface area contributed by atoms with E-state index in [1.54, 1.807) is 12.0 Å². The molecule has 110 valence electrons. The minimum atomic E-state index is -0.511. The predicted molar refractivity (Wildman–Crippen MR) is 79.5 cm³/mol. The van der Waals surface area contributed by atoms with Gasteiger partial charge in [0.05, 0.1) is 12.6 Å². The van der Waals surface area contributed by atoms with Gasteiger partial charge in [-0.2, -0.15) is 0 Å². The second kappa shape index (κ2) is 5.32. The second-order valence-electron chi connectivity index (χ2n) is 5.78. The SMILES string of the molecule is COc1ccc(N)cc1CN1CCN(C)C(=O)C1(C)C. The lowest BCUT2D eigenvalue weighted by Crippen LogP contribution is -2.61. The smallest absolute Gasteiger partial charge is 0.242 e. The van der Waals surface area contributed by atoms with Gasteiger partial charge in [0.2, 0.25) is 5.91 Å².